The van der Waals surface area contributed by atoms with Gasteiger partial charge in [0.1, 0.15) is 0 Å². The first-order chi connectivity index (χ1) is 7.43. The molecule has 0 aromatic heterocycles. The van der Waals surface area contributed by atoms with Crippen molar-refractivity contribution in [3.05, 3.63) is 0 Å². The molecule has 4 aliphatic rings. The average molecular weight is 205 g/mol. The van der Waals surface area contributed by atoms with E-state index in [1.807, 2.05) is 0 Å². The second-order valence-corrected chi connectivity index (χ2v) is 6.44. The molecule has 4 fully saturated rings. The first-order valence-electron chi connectivity index (χ1n) is 7.21. The summed E-state index contributed by atoms with van der Waals surface area (Å²) in [6.45, 7) is 0. The lowest BCUT2D eigenvalue weighted by atomic mass is 9.72. The van der Waals surface area contributed by atoms with E-state index in [-0.39, 0.29) is 0 Å². The zero-order chi connectivity index (χ0) is 9.83. The average Bonchev–Trinajstić information content (AvgIpc) is 2.66. The highest BCUT2D eigenvalue weighted by Crippen LogP contribution is 2.51. The van der Waals surface area contributed by atoms with Crippen LogP contribution >= 0.6 is 0 Å². The molecule has 84 valence electrons. The van der Waals surface area contributed by atoms with Crippen LogP contribution in [0.2, 0.25) is 0 Å². The van der Waals surface area contributed by atoms with Crippen LogP contribution in [0.3, 0.4) is 0 Å². The molecular weight excluding hydrogens is 182 g/mol. The lowest BCUT2D eigenvalue weighted by molar-refractivity contribution is -0.0107. The maximum Gasteiger partial charge on any atom is 0.0158 e. The molecule has 0 N–H and O–H groups in total. The minimum absolute atomic E-state index is 1.01. The summed E-state index contributed by atoms with van der Waals surface area (Å²) in [4.78, 5) is 3.02. The molecule has 3 heterocycles. The zero-order valence-corrected chi connectivity index (χ0v) is 9.70. The van der Waals surface area contributed by atoms with Gasteiger partial charge in [-0.3, -0.25) is 4.90 Å². The first-order valence-corrected chi connectivity index (χ1v) is 7.21. The molecule has 5 unspecified atom stereocenters. The Morgan fingerprint density at radius 3 is 2.47 bits per heavy atom. The normalized spacial score (nSPS) is 54.0. The summed E-state index contributed by atoms with van der Waals surface area (Å²) < 4.78 is 0. The molecule has 3 saturated heterocycles. The Bertz CT molecular complexity index is 236. The predicted molar refractivity (Wildman–Crippen MR) is 61.7 cm³/mol. The van der Waals surface area contributed by atoms with Crippen LogP contribution in [-0.4, -0.2) is 23.0 Å². The molecule has 0 aromatic rings. The van der Waals surface area contributed by atoms with Crippen LogP contribution in [0.25, 0.3) is 0 Å². The van der Waals surface area contributed by atoms with Crippen molar-refractivity contribution in [2.75, 3.05) is 0 Å². The molecule has 5 atom stereocenters. The van der Waals surface area contributed by atoms with Gasteiger partial charge in [-0.05, 0) is 56.8 Å². The van der Waals surface area contributed by atoms with Crippen LogP contribution in [0.15, 0.2) is 0 Å². The molecule has 1 nitrogen and oxygen atoms in total. The Morgan fingerprint density at radius 2 is 1.47 bits per heavy atom. The maximum atomic E-state index is 3.02. The highest BCUT2D eigenvalue weighted by atomic mass is 15.3. The zero-order valence-electron chi connectivity index (χ0n) is 9.70. The van der Waals surface area contributed by atoms with Gasteiger partial charge in [-0.15, -0.1) is 0 Å². The molecule has 0 spiro atoms. The van der Waals surface area contributed by atoms with Gasteiger partial charge in [0, 0.05) is 18.1 Å². The van der Waals surface area contributed by atoms with Crippen LogP contribution in [0.5, 0.6) is 0 Å². The molecule has 3 aliphatic heterocycles. The molecule has 1 aliphatic carbocycles. The van der Waals surface area contributed by atoms with Gasteiger partial charge in [-0.25, -0.2) is 0 Å². The van der Waals surface area contributed by atoms with Crippen LogP contribution in [-0.2, 0) is 0 Å². The van der Waals surface area contributed by atoms with Crippen molar-refractivity contribution in [3.63, 3.8) is 0 Å². The monoisotopic (exact) mass is 205 g/mol. The summed E-state index contributed by atoms with van der Waals surface area (Å²) in [5.74, 6) is 2.21. The second kappa shape index (κ2) is 3.23. The van der Waals surface area contributed by atoms with E-state index in [1.54, 1.807) is 25.7 Å². The summed E-state index contributed by atoms with van der Waals surface area (Å²) in [6, 6.07) is 3.07. The van der Waals surface area contributed by atoms with E-state index in [1.165, 1.54) is 32.1 Å². The van der Waals surface area contributed by atoms with Crippen LogP contribution in [0.4, 0.5) is 0 Å². The Morgan fingerprint density at radius 1 is 0.667 bits per heavy atom. The summed E-state index contributed by atoms with van der Waals surface area (Å²) in [6.07, 6.45) is 13.9. The van der Waals surface area contributed by atoms with E-state index in [9.17, 15) is 0 Å². The van der Waals surface area contributed by atoms with Gasteiger partial charge in [-0.1, -0.05) is 12.8 Å². The van der Waals surface area contributed by atoms with Gasteiger partial charge in [-0.2, -0.15) is 0 Å². The van der Waals surface area contributed by atoms with Crippen molar-refractivity contribution in [2.24, 2.45) is 11.8 Å². The van der Waals surface area contributed by atoms with Crippen molar-refractivity contribution in [1.82, 2.24) is 4.90 Å². The van der Waals surface area contributed by atoms with Gasteiger partial charge in [0.25, 0.3) is 0 Å². The molecule has 1 heteroatoms. The highest BCUT2D eigenvalue weighted by molar-refractivity contribution is 5.05. The third-order valence-corrected chi connectivity index (χ3v) is 5.82. The number of hydrogen-bond acceptors (Lipinski definition) is 1. The fourth-order valence-corrected chi connectivity index (χ4v) is 5.39. The maximum absolute atomic E-state index is 3.02. The Labute approximate surface area is 93.2 Å². The third-order valence-electron chi connectivity index (χ3n) is 5.82. The molecule has 0 radical (unpaired) electrons. The topological polar surface area (TPSA) is 3.24 Å². The highest BCUT2D eigenvalue weighted by Gasteiger charge is 2.51. The van der Waals surface area contributed by atoms with E-state index < -0.39 is 0 Å². The molecule has 1 saturated carbocycles. The lowest BCUT2D eigenvalue weighted by Crippen LogP contribution is -2.54. The van der Waals surface area contributed by atoms with E-state index in [2.05, 4.69) is 4.90 Å². The van der Waals surface area contributed by atoms with Gasteiger partial charge >= 0.3 is 0 Å². The van der Waals surface area contributed by atoms with E-state index in [0.29, 0.717) is 0 Å². The number of hydrogen-bond donors (Lipinski definition) is 0. The van der Waals surface area contributed by atoms with Crippen molar-refractivity contribution < 1.29 is 0 Å². The standard InChI is InChI=1S/C14H23N/c1-3-10-7-8-12-5-2-6-13-9-11(4-1)14(10)15(12)13/h10-14H,1-9H2. The largest absolute Gasteiger partial charge is 0.294 e. The van der Waals surface area contributed by atoms with Crippen molar-refractivity contribution in [2.45, 2.75) is 75.9 Å². The molecule has 0 bridgehead atoms. The Kier molecular flexibility index (Phi) is 1.94. The Balaban J connectivity index is 1.69. The fraction of sp³-hybridized carbons (Fsp3) is 1.00. The summed E-state index contributed by atoms with van der Waals surface area (Å²) in [7, 11) is 0. The number of nitrogens with zero attached hydrogens (tertiary/aromatic N) is 1. The lowest BCUT2D eigenvalue weighted by Gasteiger charge is -2.50. The van der Waals surface area contributed by atoms with E-state index in [0.717, 1.165) is 30.0 Å². The SMILES string of the molecule is C1CC2CCC3CCCC4CC(C1)C2N34. The molecule has 0 amide bonds. The summed E-state index contributed by atoms with van der Waals surface area (Å²) in [5, 5.41) is 0. The van der Waals surface area contributed by atoms with E-state index >= 15 is 0 Å². The molecule has 0 aromatic carbocycles. The smallest absolute Gasteiger partial charge is 0.0158 e. The van der Waals surface area contributed by atoms with Gasteiger partial charge < -0.3 is 0 Å². The minimum atomic E-state index is 1.01. The molecule has 15 heavy (non-hydrogen) atoms. The van der Waals surface area contributed by atoms with Crippen molar-refractivity contribution >= 4 is 0 Å². The van der Waals surface area contributed by atoms with Crippen LogP contribution in [0.1, 0.15) is 57.8 Å². The second-order valence-electron chi connectivity index (χ2n) is 6.44. The number of piperidine rings is 2. The van der Waals surface area contributed by atoms with Gasteiger partial charge in [0.2, 0.25) is 0 Å². The first kappa shape index (κ1) is 9.04. The quantitative estimate of drug-likeness (QED) is 0.587. The fourth-order valence-electron chi connectivity index (χ4n) is 5.39. The van der Waals surface area contributed by atoms with Gasteiger partial charge in [0.05, 0.1) is 0 Å². The minimum Gasteiger partial charge on any atom is -0.294 e. The molecular formula is C14H23N. The van der Waals surface area contributed by atoms with E-state index in [4.69, 9.17) is 0 Å². The molecule has 4 rings (SSSR count). The predicted octanol–water partition coefficient (Wildman–Crippen LogP) is 3.19. The van der Waals surface area contributed by atoms with Crippen molar-refractivity contribution in [1.29, 1.82) is 0 Å². The van der Waals surface area contributed by atoms with Gasteiger partial charge in [0.15, 0.2) is 0 Å². The summed E-state index contributed by atoms with van der Waals surface area (Å²) >= 11 is 0. The third kappa shape index (κ3) is 1.19. The Hall–Kier alpha value is -0.0400. The number of rotatable bonds is 0. The van der Waals surface area contributed by atoms with Crippen LogP contribution in [0, 0.1) is 11.8 Å². The summed E-state index contributed by atoms with van der Waals surface area (Å²) in [5.41, 5.74) is 0. The van der Waals surface area contributed by atoms with Crippen molar-refractivity contribution in [3.8, 4) is 0 Å². The van der Waals surface area contributed by atoms with Crippen LogP contribution < -0.4 is 0 Å².